The maximum Gasteiger partial charge on any atom is 0.338 e. The molecule has 1 saturated heterocycles. The standard InChI is InChI=1S/C35H33N3O5S2/c1-3-42-34(41)30-31(24-9-5-4-6-10-24)36-35-38(32(30)25-13-17-27(44-2)18-14-25)33(40)28(45-35)21-23-11-15-26(16-12-23)43-22-29(39)37-19-7-8-20-37/h4-6,9-18,21,32H,3,7-8,19-20,22H2,1-2H3/b28-21+/t32-/m1/s1. The summed E-state index contributed by atoms with van der Waals surface area (Å²) in [5.74, 6) is 0.0703. The Kier molecular flexibility index (Phi) is 9.32. The second-order valence-corrected chi connectivity index (χ2v) is 12.5. The van der Waals surface area contributed by atoms with Crippen LogP contribution < -0.4 is 19.6 Å². The van der Waals surface area contributed by atoms with Gasteiger partial charge in [0.15, 0.2) is 11.4 Å². The van der Waals surface area contributed by atoms with E-state index in [1.807, 2.05) is 84.0 Å². The Labute approximate surface area is 269 Å². The van der Waals surface area contributed by atoms with Gasteiger partial charge in [-0.1, -0.05) is 65.9 Å². The van der Waals surface area contributed by atoms with Crippen LogP contribution in [0.15, 0.2) is 99.1 Å². The van der Waals surface area contributed by atoms with Gasteiger partial charge in [-0.25, -0.2) is 9.79 Å². The molecule has 1 aromatic heterocycles. The van der Waals surface area contributed by atoms with Crippen LogP contribution in [0.1, 0.15) is 42.5 Å². The number of ether oxygens (including phenoxy) is 2. The Balaban J connectivity index is 1.41. The first-order valence-electron chi connectivity index (χ1n) is 14.9. The van der Waals surface area contributed by atoms with E-state index in [0.29, 0.717) is 26.4 Å². The van der Waals surface area contributed by atoms with E-state index in [0.717, 1.165) is 47.5 Å². The highest BCUT2D eigenvalue weighted by Gasteiger charge is 2.35. The third-order valence-corrected chi connectivity index (χ3v) is 9.53. The molecule has 0 saturated carbocycles. The molecule has 0 aliphatic carbocycles. The van der Waals surface area contributed by atoms with Crippen molar-refractivity contribution in [3.63, 3.8) is 0 Å². The van der Waals surface area contributed by atoms with Crippen LogP contribution in [-0.4, -0.2) is 53.9 Å². The molecule has 6 rings (SSSR count). The number of carbonyl (C=O) groups excluding carboxylic acids is 2. The fraction of sp³-hybridized carbons (Fsp3) is 0.257. The number of likely N-dealkylation sites (tertiary alicyclic amines) is 1. The number of thioether (sulfide) groups is 1. The zero-order valence-corrected chi connectivity index (χ0v) is 26.7. The van der Waals surface area contributed by atoms with Crippen molar-refractivity contribution in [2.24, 2.45) is 4.99 Å². The molecule has 2 aliphatic heterocycles. The number of rotatable bonds is 9. The van der Waals surface area contributed by atoms with Gasteiger partial charge in [-0.2, -0.15) is 0 Å². The summed E-state index contributed by atoms with van der Waals surface area (Å²) in [5, 5.41) is 0. The van der Waals surface area contributed by atoms with Crippen LogP contribution in [0, 0.1) is 0 Å². The Morgan fingerprint density at radius 2 is 1.71 bits per heavy atom. The molecule has 10 heteroatoms. The highest BCUT2D eigenvalue weighted by atomic mass is 32.2. The van der Waals surface area contributed by atoms with Crippen LogP contribution in [0.4, 0.5) is 0 Å². The summed E-state index contributed by atoms with van der Waals surface area (Å²) in [6.45, 7) is 3.54. The van der Waals surface area contributed by atoms with Gasteiger partial charge >= 0.3 is 5.97 Å². The van der Waals surface area contributed by atoms with Crippen molar-refractivity contribution < 1.29 is 19.1 Å². The molecular formula is C35H33N3O5S2. The molecule has 3 aromatic carbocycles. The van der Waals surface area contributed by atoms with Gasteiger partial charge < -0.3 is 14.4 Å². The molecule has 4 aromatic rings. The van der Waals surface area contributed by atoms with Gasteiger partial charge in [-0.15, -0.1) is 11.8 Å². The number of hydrogen-bond acceptors (Lipinski definition) is 8. The summed E-state index contributed by atoms with van der Waals surface area (Å²) >= 11 is 2.90. The molecule has 2 aliphatic rings. The third kappa shape index (κ3) is 6.53. The predicted octanol–water partition coefficient (Wildman–Crippen LogP) is 4.66. The zero-order valence-electron chi connectivity index (χ0n) is 25.1. The highest BCUT2D eigenvalue weighted by Crippen LogP contribution is 2.35. The first-order valence-corrected chi connectivity index (χ1v) is 16.9. The predicted molar refractivity (Wildman–Crippen MR) is 177 cm³/mol. The van der Waals surface area contributed by atoms with E-state index in [2.05, 4.69) is 0 Å². The van der Waals surface area contributed by atoms with Crippen LogP contribution in [-0.2, 0) is 14.3 Å². The van der Waals surface area contributed by atoms with Gasteiger partial charge in [-0.3, -0.25) is 14.2 Å². The van der Waals surface area contributed by atoms with Crippen LogP contribution in [0.25, 0.3) is 11.8 Å². The van der Waals surface area contributed by atoms with Gasteiger partial charge in [0.05, 0.1) is 28.5 Å². The first kappa shape index (κ1) is 30.6. The summed E-state index contributed by atoms with van der Waals surface area (Å²) < 4.78 is 13.4. The molecule has 0 spiro atoms. The second kappa shape index (κ2) is 13.7. The van der Waals surface area contributed by atoms with Gasteiger partial charge in [-0.05, 0) is 67.5 Å². The lowest BCUT2D eigenvalue weighted by molar-refractivity contribution is -0.139. The molecule has 45 heavy (non-hydrogen) atoms. The smallest absolute Gasteiger partial charge is 0.338 e. The number of esters is 1. The quantitative estimate of drug-likeness (QED) is 0.196. The number of hydrogen-bond donors (Lipinski definition) is 0. The number of fused-ring (bicyclic) bond motifs is 1. The topological polar surface area (TPSA) is 90.2 Å². The Hall–Kier alpha value is -4.41. The van der Waals surface area contributed by atoms with Crippen LogP contribution in [0.2, 0.25) is 0 Å². The monoisotopic (exact) mass is 639 g/mol. The first-order chi connectivity index (χ1) is 22.0. The lowest BCUT2D eigenvalue weighted by atomic mass is 9.93. The average molecular weight is 640 g/mol. The van der Waals surface area contributed by atoms with E-state index in [1.165, 1.54) is 11.3 Å². The van der Waals surface area contributed by atoms with E-state index in [1.54, 1.807) is 35.4 Å². The minimum Gasteiger partial charge on any atom is -0.484 e. The third-order valence-electron chi connectivity index (χ3n) is 7.80. The van der Waals surface area contributed by atoms with E-state index in [9.17, 15) is 14.4 Å². The molecule has 1 amide bonds. The fourth-order valence-electron chi connectivity index (χ4n) is 5.56. The summed E-state index contributed by atoms with van der Waals surface area (Å²) in [6, 6.07) is 24.0. The molecule has 230 valence electrons. The summed E-state index contributed by atoms with van der Waals surface area (Å²) in [5.41, 5.74) is 2.92. The fourth-order valence-corrected chi connectivity index (χ4v) is 6.97. The lowest BCUT2D eigenvalue weighted by Crippen LogP contribution is -2.40. The maximum atomic E-state index is 14.1. The van der Waals surface area contributed by atoms with E-state index >= 15 is 0 Å². The van der Waals surface area contributed by atoms with E-state index in [4.69, 9.17) is 14.5 Å². The molecule has 3 heterocycles. The van der Waals surface area contributed by atoms with Gasteiger partial charge in [0.2, 0.25) is 0 Å². The number of carbonyl (C=O) groups is 2. The van der Waals surface area contributed by atoms with Crippen molar-refractivity contribution in [1.29, 1.82) is 0 Å². The molecule has 0 N–H and O–H groups in total. The summed E-state index contributed by atoms with van der Waals surface area (Å²) in [7, 11) is 0. The van der Waals surface area contributed by atoms with E-state index < -0.39 is 12.0 Å². The van der Waals surface area contributed by atoms with Crippen molar-refractivity contribution in [3.05, 3.63) is 121 Å². The minimum absolute atomic E-state index is 0.00240. The molecule has 0 unspecified atom stereocenters. The minimum atomic E-state index is -0.725. The average Bonchev–Trinajstić information content (AvgIpc) is 3.73. The Morgan fingerprint density at radius 3 is 2.38 bits per heavy atom. The van der Waals surface area contributed by atoms with Gasteiger partial charge in [0, 0.05) is 23.5 Å². The highest BCUT2D eigenvalue weighted by molar-refractivity contribution is 7.98. The number of nitrogens with zero attached hydrogens (tertiary/aromatic N) is 3. The van der Waals surface area contributed by atoms with Crippen molar-refractivity contribution >= 4 is 46.7 Å². The zero-order chi connectivity index (χ0) is 31.3. The molecular weight excluding hydrogens is 607 g/mol. The summed E-state index contributed by atoms with van der Waals surface area (Å²) in [6.07, 6.45) is 5.89. The number of thiazole rings is 1. The second-order valence-electron chi connectivity index (χ2n) is 10.7. The molecule has 0 bridgehead atoms. The SMILES string of the molecule is CCOC(=O)C1=C(c2ccccc2)N=c2s/c(=C/c3ccc(OCC(=O)N4CCCC4)cc3)c(=O)n2[C@@H]1c1ccc(SC)cc1. The Bertz CT molecular complexity index is 1910. The van der Waals surface area contributed by atoms with Crippen LogP contribution in [0.3, 0.4) is 0 Å². The van der Waals surface area contributed by atoms with Crippen molar-refractivity contribution in [1.82, 2.24) is 9.47 Å². The largest absolute Gasteiger partial charge is 0.484 e. The maximum absolute atomic E-state index is 14.1. The van der Waals surface area contributed by atoms with Gasteiger partial charge in [0.25, 0.3) is 11.5 Å². The molecule has 1 atom stereocenters. The van der Waals surface area contributed by atoms with Crippen LogP contribution in [0.5, 0.6) is 5.75 Å². The van der Waals surface area contributed by atoms with Crippen molar-refractivity contribution in [2.45, 2.75) is 30.7 Å². The number of benzene rings is 3. The van der Waals surface area contributed by atoms with E-state index in [-0.39, 0.29) is 24.7 Å². The number of aromatic nitrogens is 1. The molecule has 8 nitrogen and oxygen atoms in total. The van der Waals surface area contributed by atoms with Crippen molar-refractivity contribution in [3.8, 4) is 5.75 Å². The Morgan fingerprint density at radius 1 is 1.00 bits per heavy atom. The molecule has 1 fully saturated rings. The summed E-state index contributed by atoms with van der Waals surface area (Å²) in [4.78, 5) is 48.4. The van der Waals surface area contributed by atoms with Gasteiger partial charge in [0.1, 0.15) is 5.75 Å². The molecule has 0 radical (unpaired) electrons. The lowest BCUT2D eigenvalue weighted by Gasteiger charge is -2.26. The van der Waals surface area contributed by atoms with Crippen molar-refractivity contribution in [2.75, 3.05) is 32.6 Å². The normalized spacial score (nSPS) is 16.4. The van der Waals surface area contributed by atoms with Crippen LogP contribution >= 0.6 is 23.1 Å². The number of amides is 1.